The molecular formula is C15H20N4O3. The van der Waals surface area contributed by atoms with Gasteiger partial charge in [-0.1, -0.05) is 13.3 Å². The number of aryl methyl sites for hydroxylation is 1. The first-order valence-electron chi connectivity index (χ1n) is 7.68. The van der Waals surface area contributed by atoms with Gasteiger partial charge in [-0.15, -0.1) is 0 Å². The summed E-state index contributed by atoms with van der Waals surface area (Å²) < 4.78 is 10.9. The lowest BCUT2D eigenvalue weighted by Gasteiger charge is -2.07. The van der Waals surface area contributed by atoms with E-state index in [1.54, 1.807) is 0 Å². The first-order chi connectivity index (χ1) is 10.8. The summed E-state index contributed by atoms with van der Waals surface area (Å²) in [5, 5.41) is 9.77. The topological polar surface area (TPSA) is 93.0 Å². The number of ether oxygens (including phenoxy) is 1. The zero-order valence-electron chi connectivity index (χ0n) is 12.6. The van der Waals surface area contributed by atoms with Crippen LogP contribution in [0.5, 0.6) is 0 Å². The Hall–Kier alpha value is -2.15. The Bertz CT molecular complexity index is 628. The fourth-order valence-electron chi connectivity index (χ4n) is 2.54. The van der Waals surface area contributed by atoms with Gasteiger partial charge in [0.05, 0.1) is 0 Å². The number of aromatic nitrogens is 3. The fraction of sp³-hybridized carbons (Fsp3) is 0.533. The van der Waals surface area contributed by atoms with Crippen LogP contribution >= 0.6 is 0 Å². The summed E-state index contributed by atoms with van der Waals surface area (Å²) in [5.41, 5.74) is 1.28. The fourth-order valence-corrected chi connectivity index (χ4v) is 2.54. The van der Waals surface area contributed by atoms with E-state index in [1.807, 2.05) is 6.07 Å². The van der Waals surface area contributed by atoms with E-state index in [0.29, 0.717) is 18.2 Å². The molecule has 7 heteroatoms. The van der Waals surface area contributed by atoms with E-state index in [4.69, 9.17) is 9.15 Å². The molecule has 1 fully saturated rings. The van der Waals surface area contributed by atoms with Crippen LogP contribution in [0.25, 0.3) is 0 Å². The quantitative estimate of drug-likeness (QED) is 0.856. The predicted molar refractivity (Wildman–Crippen MR) is 79.6 cm³/mol. The smallest absolute Gasteiger partial charge is 0.279 e. The second-order valence-electron chi connectivity index (χ2n) is 5.40. The normalized spacial score (nSPS) is 17.8. The maximum atomic E-state index is 12.3. The number of H-pyrrole nitrogens is 1. The minimum Gasteiger partial charge on any atom is -0.445 e. The Balaban J connectivity index is 1.67. The van der Waals surface area contributed by atoms with Crippen molar-refractivity contribution >= 4 is 11.7 Å². The molecule has 7 nitrogen and oxygen atoms in total. The van der Waals surface area contributed by atoms with Gasteiger partial charge in [0.15, 0.2) is 23.7 Å². The van der Waals surface area contributed by atoms with E-state index in [0.717, 1.165) is 37.8 Å². The van der Waals surface area contributed by atoms with Crippen LogP contribution in [-0.4, -0.2) is 27.7 Å². The molecule has 2 N–H and O–H groups in total. The van der Waals surface area contributed by atoms with E-state index < -0.39 is 0 Å². The van der Waals surface area contributed by atoms with Gasteiger partial charge in [-0.2, -0.15) is 5.10 Å². The highest BCUT2D eigenvalue weighted by Crippen LogP contribution is 2.30. The van der Waals surface area contributed by atoms with E-state index in [1.165, 1.54) is 6.39 Å². The zero-order valence-corrected chi connectivity index (χ0v) is 12.6. The third-order valence-electron chi connectivity index (χ3n) is 3.70. The van der Waals surface area contributed by atoms with Gasteiger partial charge < -0.3 is 14.5 Å². The Morgan fingerprint density at radius 1 is 1.55 bits per heavy atom. The van der Waals surface area contributed by atoms with Crippen LogP contribution in [-0.2, 0) is 11.2 Å². The van der Waals surface area contributed by atoms with Crippen LogP contribution in [0.4, 0.5) is 5.82 Å². The SMILES string of the molecule is CCCCc1cc(NC(=O)c2ncoc2C2CCCO2)n[nH]1. The van der Waals surface area contributed by atoms with Crippen LogP contribution in [0.1, 0.15) is 60.7 Å². The standard InChI is InChI=1S/C15H20N4O3/c1-2-3-5-10-8-12(19-18-10)17-15(20)13-14(22-9-16-13)11-6-4-7-21-11/h8-9,11H,2-7H2,1H3,(H2,17,18,19,20). The molecule has 0 saturated carbocycles. The lowest BCUT2D eigenvalue weighted by atomic mass is 10.1. The Labute approximate surface area is 128 Å². The number of hydrogen-bond donors (Lipinski definition) is 2. The molecular weight excluding hydrogens is 284 g/mol. The number of nitrogens with zero attached hydrogens (tertiary/aromatic N) is 2. The first-order valence-corrected chi connectivity index (χ1v) is 7.68. The Morgan fingerprint density at radius 3 is 3.23 bits per heavy atom. The van der Waals surface area contributed by atoms with E-state index in [9.17, 15) is 4.79 Å². The molecule has 0 radical (unpaired) electrons. The summed E-state index contributed by atoms with van der Waals surface area (Å²) in [4.78, 5) is 16.3. The van der Waals surface area contributed by atoms with Crippen molar-refractivity contribution in [2.24, 2.45) is 0 Å². The molecule has 3 heterocycles. The van der Waals surface area contributed by atoms with Crippen molar-refractivity contribution in [2.45, 2.75) is 45.1 Å². The maximum absolute atomic E-state index is 12.3. The van der Waals surface area contributed by atoms with Crippen LogP contribution in [0.2, 0.25) is 0 Å². The van der Waals surface area contributed by atoms with E-state index in [-0.39, 0.29) is 17.7 Å². The van der Waals surface area contributed by atoms with Crippen molar-refractivity contribution in [1.82, 2.24) is 15.2 Å². The minimum atomic E-state index is -0.326. The van der Waals surface area contributed by atoms with Gasteiger partial charge in [-0.25, -0.2) is 4.98 Å². The molecule has 22 heavy (non-hydrogen) atoms. The number of oxazole rings is 1. The average molecular weight is 304 g/mol. The van der Waals surface area contributed by atoms with E-state index in [2.05, 4.69) is 27.4 Å². The van der Waals surface area contributed by atoms with Gasteiger partial charge in [-0.05, 0) is 25.7 Å². The summed E-state index contributed by atoms with van der Waals surface area (Å²) >= 11 is 0. The molecule has 1 amide bonds. The van der Waals surface area contributed by atoms with Crippen LogP contribution in [0.15, 0.2) is 16.9 Å². The number of anilines is 1. The van der Waals surface area contributed by atoms with Crippen LogP contribution < -0.4 is 5.32 Å². The zero-order chi connectivity index (χ0) is 15.4. The molecule has 1 unspecified atom stereocenters. The molecule has 0 aromatic carbocycles. The Morgan fingerprint density at radius 2 is 2.45 bits per heavy atom. The van der Waals surface area contributed by atoms with Gasteiger partial charge in [0.2, 0.25) is 0 Å². The highest BCUT2D eigenvalue weighted by atomic mass is 16.5. The molecule has 3 rings (SSSR count). The predicted octanol–water partition coefficient (Wildman–Crippen LogP) is 2.84. The summed E-state index contributed by atoms with van der Waals surface area (Å²) in [6.45, 7) is 2.82. The van der Waals surface area contributed by atoms with E-state index >= 15 is 0 Å². The molecule has 118 valence electrons. The Kier molecular flexibility index (Phi) is 4.53. The second kappa shape index (κ2) is 6.74. The summed E-state index contributed by atoms with van der Waals surface area (Å²) in [6, 6.07) is 1.85. The molecule has 1 atom stereocenters. The molecule has 0 spiro atoms. The molecule has 0 bridgehead atoms. The molecule has 1 aliphatic heterocycles. The van der Waals surface area contributed by atoms with Crippen molar-refractivity contribution in [1.29, 1.82) is 0 Å². The molecule has 2 aromatic heterocycles. The molecule has 1 saturated heterocycles. The highest BCUT2D eigenvalue weighted by Gasteiger charge is 2.28. The number of nitrogens with one attached hydrogen (secondary N) is 2. The van der Waals surface area contributed by atoms with Crippen molar-refractivity contribution in [3.05, 3.63) is 29.6 Å². The first kappa shape index (κ1) is 14.8. The second-order valence-corrected chi connectivity index (χ2v) is 5.40. The van der Waals surface area contributed by atoms with Crippen molar-refractivity contribution < 1.29 is 13.9 Å². The van der Waals surface area contributed by atoms with Crippen molar-refractivity contribution in [3.8, 4) is 0 Å². The largest absolute Gasteiger partial charge is 0.445 e. The van der Waals surface area contributed by atoms with Crippen molar-refractivity contribution in [2.75, 3.05) is 11.9 Å². The minimum absolute atomic E-state index is 0.178. The monoisotopic (exact) mass is 304 g/mol. The van der Waals surface area contributed by atoms with Gasteiger partial charge in [0.25, 0.3) is 5.91 Å². The third kappa shape index (κ3) is 3.19. The summed E-state index contributed by atoms with van der Waals surface area (Å²) in [7, 11) is 0. The number of hydrogen-bond acceptors (Lipinski definition) is 5. The highest BCUT2D eigenvalue weighted by molar-refractivity contribution is 6.03. The third-order valence-corrected chi connectivity index (χ3v) is 3.70. The van der Waals surface area contributed by atoms with Crippen LogP contribution in [0, 0.1) is 0 Å². The van der Waals surface area contributed by atoms with Crippen molar-refractivity contribution in [3.63, 3.8) is 0 Å². The number of amides is 1. The average Bonchev–Trinajstić information content (AvgIpc) is 3.25. The molecule has 2 aromatic rings. The lowest BCUT2D eigenvalue weighted by Crippen LogP contribution is -2.15. The molecule has 0 aliphatic carbocycles. The van der Waals surface area contributed by atoms with Gasteiger partial charge in [0.1, 0.15) is 6.10 Å². The number of carbonyl (C=O) groups is 1. The van der Waals surface area contributed by atoms with Gasteiger partial charge in [-0.3, -0.25) is 9.89 Å². The van der Waals surface area contributed by atoms with Crippen LogP contribution in [0.3, 0.4) is 0 Å². The summed E-state index contributed by atoms with van der Waals surface area (Å²) in [6.07, 6.45) is 6.04. The van der Waals surface area contributed by atoms with Gasteiger partial charge in [0, 0.05) is 18.4 Å². The number of unbranched alkanes of at least 4 members (excludes halogenated alkanes) is 1. The number of aromatic amines is 1. The maximum Gasteiger partial charge on any atom is 0.279 e. The number of carbonyl (C=O) groups excluding carboxylic acids is 1. The number of rotatable bonds is 6. The summed E-state index contributed by atoms with van der Waals surface area (Å²) in [5.74, 6) is 0.668. The molecule has 1 aliphatic rings. The van der Waals surface area contributed by atoms with Gasteiger partial charge >= 0.3 is 0 Å². The lowest BCUT2D eigenvalue weighted by molar-refractivity contribution is 0.0889.